The van der Waals surface area contributed by atoms with E-state index in [1.807, 2.05) is 36.4 Å². The average molecular weight is 510 g/mol. The second-order valence-electron chi connectivity index (χ2n) is 9.05. The number of rotatable bonds is 12. The number of halogens is 2. The molecule has 0 saturated heterocycles. The average Bonchev–Trinajstić information content (AvgIpc) is 3.67. The van der Waals surface area contributed by atoms with Crippen molar-refractivity contribution < 1.29 is 14.0 Å². The van der Waals surface area contributed by atoms with E-state index in [0.717, 1.165) is 31.4 Å². The molecular weight excluding hydrogens is 477 g/mol. The Morgan fingerprint density at radius 3 is 2.25 bits per heavy atom. The highest BCUT2D eigenvalue weighted by Crippen LogP contribution is 2.40. The van der Waals surface area contributed by atoms with E-state index < -0.39 is 11.9 Å². The quantitative estimate of drug-likeness (QED) is 0.302. The van der Waals surface area contributed by atoms with Crippen molar-refractivity contribution in [1.29, 1.82) is 0 Å². The van der Waals surface area contributed by atoms with Crippen LogP contribution in [0.3, 0.4) is 0 Å². The highest BCUT2D eigenvalue weighted by Gasteiger charge is 2.37. The number of unbranched alkanes of at least 4 members (excludes halogenated alkanes) is 1. The molecular formula is C29H33ClFN3O2. The molecule has 3 N–H and O–H groups in total. The molecule has 5 nitrogen and oxygen atoms in total. The number of carbonyl (C=O) groups is 2. The number of carbonyl (C=O) groups excluding carboxylic acids is 2. The first-order chi connectivity index (χ1) is 17.1. The number of benzene rings is 3. The largest absolute Gasteiger partial charge is 0.350 e. The Balaban J connectivity index is 0.00000361. The summed E-state index contributed by atoms with van der Waals surface area (Å²) in [5, 5.41) is 9.37. The van der Waals surface area contributed by atoms with Crippen molar-refractivity contribution in [3.05, 3.63) is 107 Å². The third kappa shape index (κ3) is 8.18. The zero-order valence-electron chi connectivity index (χ0n) is 20.2. The molecule has 3 atom stereocenters. The fraction of sp³-hybridized carbons (Fsp3) is 0.310. The highest BCUT2D eigenvalue weighted by atomic mass is 35.5. The second kappa shape index (κ2) is 13.8. The maximum absolute atomic E-state index is 13.2. The van der Waals surface area contributed by atoms with Gasteiger partial charge in [0.25, 0.3) is 5.91 Å². The number of hydrogen-bond acceptors (Lipinski definition) is 3. The number of amides is 2. The SMILES string of the molecule is Cl.O=C(NC(CCCCN[C@@H]1C[C@H]1c1ccccc1)C(=O)NCc1ccccc1)c1ccc(F)cc1. The summed E-state index contributed by atoms with van der Waals surface area (Å²) in [6, 6.07) is 25.4. The first-order valence-corrected chi connectivity index (χ1v) is 12.3. The van der Waals surface area contributed by atoms with Crippen LogP contribution in [-0.4, -0.2) is 30.4 Å². The Kier molecular flexibility index (Phi) is 10.5. The van der Waals surface area contributed by atoms with Gasteiger partial charge in [-0.05, 0) is 67.6 Å². The second-order valence-corrected chi connectivity index (χ2v) is 9.05. The molecule has 0 spiro atoms. The minimum Gasteiger partial charge on any atom is -0.350 e. The molecule has 3 aromatic carbocycles. The Labute approximate surface area is 218 Å². The van der Waals surface area contributed by atoms with Gasteiger partial charge in [-0.3, -0.25) is 9.59 Å². The van der Waals surface area contributed by atoms with Crippen molar-refractivity contribution >= 4 is 24.2 Å². The summed E-state index contributed by atoms with van der Waals surface area (Å²) in [4.78, 5) is 25.6. The topological polar surface area (TPSA) is 70.2 Å². The summed E-state index contributed by atoms with van der Waals surface area (Å²) in [5.74, 6) is -0.422. The van der Waals surface area contributed by atoms with Crippen molar-refractivity contribution in [1.82, 2.24) is 16.0 Å². The molecule has 1 aliphatic carbocycles. The van der Waals surface area contributed by atoms with E-state index in [0.29, 0.717) is 30.5 Å². The normalized spacial score (nSPS) is 16.9. The molecule has 0 aromatic heterocycles. The van der Waals surface area contributed by atoms with E-state index in [1.165, 1.54) is 29.8 Å². The number of hydrogen-bond donors (Lipinski definition) is 3. The molecule has 1 unspecified atom stereocenters. The molecule has 190 valence electrons. The van der Waals surface area contributed by atoms with Gasteiger partial charge in [0, 0.05) is 24.1 Å². The van der Waals surface area contributed by atoms with Gasteiger partial charge in [-0.2, -0.15) is 0 Å². The third-order valence-corrected chi connectivity index (χ3v) is 6.38. The van der Waals surface area contributed by atoms with Crippen molar-refractivity contribution in [3.8, 4) is 0 Å². The first-order valence-electron chi connectivity index (χ1n) is 12.3. The molecule has 1 saturated carbocycles. The van der Waals surface area contributed by atoms with Crippen LogP contribution in [-0.2, 0) is 11.3 Å². The van der Waals surface area contributed by atoms with Gasteiger partial charge >= 0.3 is 0 Å². The van der Waals surface area contributed by atoms with Gasteiger partial charge in [0.1, 0.15) is 11.9 Å². The van der Waals surface area contributed by atoms with Gasteiger partial charge in [0.05, 0.1) is 0 Å². The summed E-state index contributed by atoms with van der Waals surface area (Å²) in [5.41, 5.74) is 2.70. The van der Waals surface area contributed by atoms with Gasteiger partial charge in [-0.1, -0.05) is 60.7 Å². The lowest BCUT2D eigenvalue weighted by molar-refractivity contribution is -0.123. The van der Waals surface area contributed by atoms with E-state index in [2.05, 4.69) is 40.2 Å². The van der Waals surface area contributed by atoms with Gasteiger partial charge in [0.2, 0.25) is 5.91 Å². The third-order valence-electron chi connectivity index (χ3n) is 6.38. The predicted molar refractivity (Wildman–Crippen MR) is 143 cm³/mol. The van der Waals surface area contributed by atoms with Gasteiger partial charge in [-0.15, -0.1) is 12.4 Å². The Morgan fingerprint density at radius 1 is 0.889 bits per heavy atom. The van der Waals surface area contributed by atoms with Crippen molar-refractivity contribution in [3.63, 3.8) is 0 Å². The molecule has 0 bridgehead atoms. The highest BCUT2D eigenvalue weighted by molar-refractivity contribution is 5.97. The summed E-state index contributed by atoms with van der Waals surface area (Å²) < 4.78 is 13.2. The lowest BCUT2D eigenvalue weighted by atomic mass is 10.1. The summed E-state index contributed by atoms with van der Waals surface area (Å²) >= 11 is 0. The minimum atomic E-state index is -0.658. The smallest absolute Gasteiger partial charge is 0.251 e. The Hall–Kier alpha value is -3.22. The molecule has 1 fully saturated rings. The van der Waals surface area contributed by atoms with E-state index in [9.17, 15) is 14.0 Å². The van der Waals surface area contributed by atoms with Crippen LogP contribution in [0.4, 0.5) is 4.39 Å². The van der Waals surface area contributed by atoms with Crippen molar-refractivity contribution in [2.75, 3.05) is 6.54 Å². The summed E-state index contributed by atoms with van der Waals surface area (Å²) in [6.07, 6.45) is 3.39. The zero-order chi connectivity index (χ0) is 24.5. The van der Waals surface area contributed by atoms with Crippen LogP contribution in [0.1, 0.15) is 53.1 Å². The Morgan fingerprint density at radius 2 is 1.56 bits per heavy atom. The lowest BCUT2D eigenvalue weighted by Crippen LogP contribution is -2.46. The van der Waals surface area contributed by atoms with Gasteiger partial charge in [-0.25, -0.2) is 4.39 Å². The molecule has 0 radical (unpaired) electrons. The van der Waals surface area contributed by atoms with Crippen molar-refractivity contribution in [2.24, 2.45) is 0 Å². The first kappa shape index (κ1) is 27.4. The molecule has 0 heterocycles. The molecule has 1 aliphatic rings. The zero-order valence-corrected chi connectivity index (χ0v) is 21.0. The van der Waals surface area contributed by atoms with E-state index in [4.69, 9.17) is 0 Å². The predicted octanol–water partition coefficient (Wildman–Crippen LogP) is 4.98. The minimum absolute atomic E-state index is 0. The van der Waals surface area contributed by atoms with Crippen LogP contribution in [0, 0.1) is 5.82 Å². The molecule has 0 aliphatic heterocycles. The summed E-state index contributed by atoms with van der Waals surface area (Å²) in [6.45, 7) is 1.27. The molecule has 2 amide bonds. The maximum Gasteiger partial charge on any atom is 0.251 e. The van der Waals surface area contributed by atoms with Crippen LogP contribution in [0.25, 0.3) is 0 Å². The molecule has 7 heteroatoms. The Bertz CT molecular complexity index is 1100. The maximum atomic E-state index is 13.2. The van der Waals surface area contributed by atoms with Crippen LogP contribution in [0.5, 0.6) is 0 Å². The lowest BCUT2D eigenvalue weighted by Gasteiger charge is -2.19. The van der Waals surface area contributed by atoms with E-state index in [1.54, 1.807) is 0 Å². The van der Waals surface area contributed by atoms with Gasteiger partial charge in [0.15, 0.2) is 0 Å². The van der Waals surface area contributed by atoms with Crippen LogP contribution in [0.2, 0.25) is 0 Å². The fourth-order valence-corrected chi connectivity index (χ4v) is 4.27. The molecule has 36 heavy (non-hydrogen) atoms. The van der Waals surface area contributed by atoms with Crippen LogP contribution in [0.15, 0.2) is 84.9 Å². The van der Waals surface area contributed by atoms with Gasteiger partial charge < -0.3 is 16.0 Å². The van der Waals surface area contributed by atoms with Crippen LogP contribution < -0.4 is 16.0 Å². The molecule has 4 rings (SSSR count). The van der Waals surface area contributed by atoms with E-state index >= 15 is 0 Å². The van der Waals surface area contributed by atoms with Crippen molar-refractivity contribution in [2.45, 2.75) is 50.2 Å². The fourth-order valence-electron chi connectivity index (χ4n) is 4.27. The standard InChI is InChI=1S/C29H32FN3O2.ClH/c30-24-16-14-23(15-17-24)28(34)33-26(29(35)32-20-21-9-3-1-4-10-21)13-7-8-18-31-27-19-25(27)22-11-5-2-6-12-22;/h1-6,9-12,14-17,25-27,31H,7-8,13,18-20H2,(H,32,35)(H,33,34);1H/t25-,26?,27+;/m0./s1. The van der Waals surface area contributed by atoms with E-state index in [-0.39, 0.29) is 24.2 Å². The number of nitrogens with one attached hydrogen (secondary N) is 3. The summed E-state index contributed by atoms with van der Waals surface area (Å²) in [7, 11) is 0. The monoisotopic (exact) mass is 509 g/mol. The van der Waals surface area contributed by atoms with Crippen LogP contribution >= 0.6 is 12.4 Å². The molecule has 3 aromatic rings.